The van der Waals surface area contributed by atoms with Crippen molar-refractivity contribution < 1.29 is 18.7 Å². The molecule has 2 aromatic carbocycles. The summed E-state index contributed by atoms with van der Waals surface area (Å²) in [5.41, 5.74) is 3.35. The molecule has 1 aliphatic heterocycles. The molecule has 41 heavy (non-hydrogen) atoms. The monoisotopic (exact) mass is 558 g/mol. The van der Waals surface area contributed by atoms with Gasteiger partial charge in [-0.2, -0.15) is 0 Å². The molecule has 1 N–H and O–H groups in total. The molecule has 0 unspecified atom stereocenters. The van der Waals surface area contributed by atoms with Crippen LogP contribution in [0.25, 0.3) is 0 Å². The third-order valence-electron chi connectivity index (χ3n) is 7.24. The van der Waals surface area contributed by atoms with Crippen molar-refractivity contribution in [1.82, 2.24) is 14.1 Å². The zero-order valence-corrected chi connectivity index (χ0v) is 23.2. The summed E-state index contributed by atoms with van der Waals surface area (Å²) in [5.74, 6) is 0.0341. The number of pyridine rings is 1. The van der Waals surface area contributed by atoms with E-state index in [0.29, 0.717) is 12.1 Å². The highest BCUT2D eigenvalue weighted by Crippen LogP contribution is 2.27. The number of rotatable bonds is 12. The van der Waals surface area contributed by atoms with Crippen molar-refractivity contribution >= 4 is 11.8 Å². The van der Waals surface area contributed by atoms with Crippen molar-refractivity contribution in [1.29, 1.82) is 0 Å². The molecule has 5 rings (SSSR count). The Morgan fingerprint density at radius 3 is 2.78 bits per heavy atom. The summed E-state index contributed by atoms with van der Waals surface area (Å²) >= 11 is 0. The summed E-state index contributed by atoms with van der Waals surface area (Å²) in [7, 11) is 0. The van der Waals surface area contributed by atoms with Crippen LogP contribution in [-0.2, 0) is 35.5 Å². The Morgan fingerprint density at radius 1 is 1.12 bits per heavy atom. The van der Waals surface area contributed by atoms with Gasteiger partial charge in [-0.3, -0.25) is 13.9 Å². The number of benzene rings is 2. The highest BCUT2D eigenvalue weighted by Gasteiger charge is 2.23. The van der Waals surface area contributed by atoms with Gasteiger partial charge in [0, 0.05) is 31.2 Å². The van der Waals surface area contributed by atoms with Gasteiger partial charge in [0.15, 0.2) is 11.6 Å². The maximum Gasteiger partial charge on any atom is 0.328 e. The van der Waals surface area contributed by atoms with Crippen LogP contribution >= 0.6 is 0 Å². The van der Waals surface area contributed by atoms with E-state index in [2.05, 4.69) is 17.4 Å². The summed E-state index contributed by atoms with van der Waals surface area (Å²) in [6, 6.07) is 17.5. The quantitative estimate of drug-likeness (QED) is 0.238. The third-order valence-corrected chi connectivity index (χ3v) is 7.24. The molecule has 8 nitrogen and oxygen atoms in total. The van der Waals surface area contributed by atoms with Gasteiger partial charge in [-0.1, -0.05) is 42.5 Å². The second-order valence-electron chi connectivity index (χ2n) is 10.1. The minimum Gasteiger partial charge on any atom is -0.486 e. The highest BCUT2D eigenvalue weighted by molar-refractivity contribution is 5.70. The van der Waals surface area contributed by atoms with E-state index in [1.807, 2.05) is 30.3 Å². The molecule has 0 fully saturated rings. The molecular weight excluding hydrogens is 523 g/mol. The SMILES string of the molecule is CCOC(=O)C[C@@H](c1ccc(OCc2ccccc2)c(F)c1)n1ccn(CCCc2ccc3c(n2)NCCC3)c1=O. The van der Waals surface area contributed by atoms with E-state index in [4.69, 9.17) is 14.5 Å². The molecule has 3 heterocycles. The summed E-state index contributed by atoms with van der Waals surface area (Å²) in [6.07, 6.45) is 6.85. The highest BCUT2D eigenvalue weighted by atomic mass is 19.1. The van der Waals surface area contributed by atoms with Crippen LogP contribution in [0.1, 0.15) is 54.6 Å². The van der Waals surface area contributed by atoms with E-state index in [1.54, 1.807) is 30.0 Å². The normalized spacial score (nSPS) is 13.2. The lowest BCUT2D eigenvalue weighted by molar-refractivity contribution is -0.143. The predicted octanol–water partition coefficient (Wildman–Crippen LogP) is 5.30. The number of aryl methyl sites for hydroxylation is 3. The molecule has 0 aliphatic carbocycles. The average Bonchev–Trinajstić information content (AvgIpc) is 3.35. The van der Waals surface area contributed by atoms with Crippen LogP contribution in [0.15, 0.2) is 77.9 Å². The first-order chi connectivity index (χ1) is 20.0. The van der Waals surface area contributed by atoms with E-state index in [1.165, 1.54) is 22.3 Å². The first-order valence-electron chi connectivity index (χ1n) is 14.1. The smallest absolute Gasteiger partial charge is 0.328 e. The molecule has 1 aliphatic rings. The molecule has 4 aromatic rings. The van der Waals surface area contributed by atoms with Crippen LogP contribution in [-0.4, -0.2) is 33.2 Å². The van der Waals surface area contributed by atoms with E-state index in [-0.39, 0.29) is 31.1 Å². The fourth-order valence-corrected chi connectivity index (χ4v) is 5.11. The van der Waals surface area contributed by atoms with Crippen molar-refractivity contribution in [3.8, 4) is 5.75 Å². The summed E-state index contributed by atoms with van der Waals surface area (Å²) in [6.45, 7) is 3.59. The van der Waals surface area contributed by atoms with Gasteiger partial charge >= 0.3 is 11.7 Å². The van der Waals surface area contributed by atoms with Gasteiger partial charge < -0.3 is 14.8 Å². The van der Waals surface area contributed by atoms with Gasteiger partial charge in [0.1, 0.15) is 12.4 Å². The second-order valence-corrected chi connectivity index (χ2v) is 10.1. The van der Waals surface area contributed by atoms with Crippen molar-refractivity contribution in [2.75, 3.05) is 18.5 Å². The van der Waals surface area contributed by atoms with E-state index >= 15 is 4.39 Å². The fourth-order valence-electron chi connectivity index (χ4n) is 5.11. The molecule has 0 amide bonds. The molecule has 0 saturated carbocycles. The largest absolute Gasteiger partial charge is 0.486 e. The molecule has 0 radical (unpaired) electrons. The maximum atomic E-state index is 15.1. The molecular formula is C32H35FN4O4. The number of esters is 1. The Hall–Kier alpha value is -4.40. The van der Waals surface area contributed by atoms with Crippen LogP contribution in [0.5, 0.6) is 5.75 Å². The number of carbonyl (C=O) groups excluding carboxylic acids is 1. The van der Waals surface area contributed by atoms with Gasteiger partial charge in [0.2, 0.25) is 0 Å². The van der Waals surface area contributed by atoms with E-state index in [9.17, 15) is 9.59 Å². The van der Waals surface area contributed by atoms with Crippen LogP contribution in [0.2, 0.25) is 0 Å². The lowest BCUT2D eigenvalue weighted by Gasteiger charge is -2.19. The lowest BCUT2D eigenvalue weighted by atomic mass is 10.0. The number of imidazole rings is 1. The second kappa shape index (κ2) is 13.3. The van der Waals surface area contributed by atoms with E-state index < -0.39 is 17.8 Å². The summed E-state index contributed by atoms with van der Waals surface area (Å²) in [4.78, 5) is 30.6. The van der Waals surface area contributed by atoms with Crippen LogP contribution in [0, 0.1) is 5.82 Å². The van der Waals surface area contributed by atoms with Crippen molar-refractivity contribution in [2.24, 2.45) is 0 Å². The Kier molecular flexibility index (Phi) is 9.13. The van der Waals surface area contributed by atoms with E-state index in [0.717, 1.165) is 49.3 Å². The first-order valence-corrected chi connectivity index (χ1v) is 14.1. The molecule has 0 spiro atoms. The van der Waals surface area contributed by atoms with Gasteiger partial charge in [-0.25, -0.2) is 14.2 Å². The Balaban J connectivity index is 1.30. The number of ether oxygens (including phenoxy) is 2. The third kappa shape index (κ3) is 7.03. The van der Waals surface area contributed by atoms with Crippen LogP contribution < -0.4 is 15.7 Å². The molecule has 2 aromatic heterocycles. The molecule has 9 heteroatoms. The van der Waals surface area contributed by atoms with Crippen molar-refractivity contribution in [3.05, 3.63) is 112 Å². The number of fused-ring (bicyclic) bond motifs is 1. The van der Waals surface area contributed by atoms with Gasteiger partial charge in [0.05, 0.1) is 19.1 Å². The average molecular weight is 559 g/mol. The molecule has 1 atom stereocenters. The summed E-state index contributed by atoms with van der Waals surface area (Å²) in [5, 5.41) is 3.36. The van der Waals surface area contributed by atoms with Crippen LogP contribution in [0.3, 0.4) is 0 Å². The Bertz CT molecular complexity index is 1530. The molecule has 214 valence electrons. The Morgan fingerprint density at radius 2 is 1.98 bits per heavy atom. The lowest BCUT2D eigenvalue weighted by Crippen LogP contribution is -2.29. The predicted molar refractivity (Wildman–Crippen MR) is 155 cm³/mol. The maximum absolute atomic E-state index is 15.1. The van der Waals surface area contributed by atoms with Crippen molar-refractivity contribution in [2.45, 2.75) is 58.2 Å². The zero-order valence-electron chi connectivity index (χ0n) is 23.2. The number of hydrogen-bond donors (Lipinski definition) is 1. The number of hydrogen-bond acceptors (Lipinski definition) is 6. The Labute approximate surface area is 238 Å². The van der Waals surface area contributed by atoms with Gasteiger partial charge in [-0.15, -0.1) is 0 Å². The number of halogens is 1. The fraction of sp³-hybridized carbons (Fsp3) is 0.344. The number of carbonyl (C=O) groups is 1. The standard InChI is InChI=1S/C32H35FN4O4/c1-2-40-30(38)21-28(25-13-15-29(27(33)20-25)41-22-23-8-4-3-5-9-23)37-19-18-36(32(37)39)17-7-11-26-14-12-24-10-6-16-34-31(24)35-26/h3-5,8-9,12-15,18-20,28H,2,6-7,10-11,16-17,21-22H2,1H3,(H,34,35)/t28-/m0/s1. The van der Waals surface area contributed by atoms with Crippen LogP contribution in [0.4, 0.5) is 10.2 Å². The zero-order chi connectivity index (χ0) is 28.6. The topological polar surface area (TPSA) is 87.4 Å². The van der Waals surface area contributed by atoms with Gasteiger partial charge in [-0.05, 0) is 67.5 Å². The molecule has 0 bridgehead atoms. The number of anilines is 1. The number of nitrogens with zero attached hydrogens (tertiary/aromatic N) is 3. The summed E-state index contributed by atoms with van der Waals surface area (Å²) < 4.78 is 29.0. The minimum atomic E-state index is -0.728. The number of aromatic nitrogens is 3. The van der Waals surface area contributed by atoms with Crippen molar-refractivity contribution in [3.63, 3.8) is 0 Å². The number of nitrogens with one attached hydrogen (secondary N) is 1. The minimum absolute atomic E-state index is 0.100. The first kappa shape index (κ1) is 28.1. The molecule has 0 saturated heterocycles. The van der Waals surface area contributed by atoms with Gasteiger partial charge in [0.25, 0.3) is 0 Å².